The number of nitrogens with two attached hydrogens (primary N) is 1. The first-order valence-electron chi connectivity index (χ1n) is 8.02. The fourth-order valence-corrected chi connectivity index (χ4v) is 2.85. The maximum Gasteiger partial charge on any atom is 0.257 e. The van der Waals surface area contributed by atoms with E-state index in [1.165, 1.54) is 11.3 Å². The lowest BCUT2D eigenvalue weighted by Gasteiger charge is -2.16. The highest BCUT2D eigenvalue weighted by molar-refractivity contribution is 7.13. The summed E-state index contributed by atoms with van der Waals surface area (Å²) in [5.41, 5.74) is 7.31. The molecule has 5 N–H and O–H groups in total. The second-order valence-electron chi connectivity index (χ2n) is 5.75. The average molecular weight is 364 g/mol. The third-order valence-corrected chi connectivity index (χ3v) is 4.35. The number of hydrogen-bond donors (Lipinski definition) is 4. The van der Waals surface area contributed by atoms with Crippen LogP contribution in [0.4, 0.5) is 5.13 Å². The Morgan fingerprint density at radius 2 is 2.12 bits per heavy atom. The predicted molar refractivity (Wildman–Crippen MR) is 98.7 cm³/mol. The smallest absolute Gasteiger partial charge is 0.257 e. The molecule has 0 aliphatic rings. The van der Waals surface area contributed by atoms with Crippen molar-refractivity contribution in [1.29, 1.82) is 0 Å². The molecule has 0 saturated carbocycles. The quantitative estimate of drug-likeness (QED) is 0.531. The Kier molecular flexibility index (Phi) is 7.17. The molecule has 0 saturated heterocycles. The molecule has 2 aromatic rings. The molecule has 0 spiro atoms. The van der Waals surface area contributed by atoms with Crippen molar-refractivity contribution in [2.75, 3.05) is 25.9 Å². The van der Waals surface area contributed by atoms with Crippen LogP contribution in [0.2, 0.25) is 0 Å². The van der Waals surface area contributed by atoms with Crippen molar-refractivity contribution in [3.05, 3.63) is 40.9 Å². The van der Waals surface area contributed by atoms with Gasteiger partial charge in [0.1, 0.15) is 11.9 Å². The number of ether oxygens (including phenoxy) is 1. The van der Waals surface area contributed by atoms with Crippen LogP contribution in [-0.2, 0) is 11.2 Å². The number of likely N-dealkylation sites (N-methyl/N-ethyl adjacent to an activating group) is 1. The zero-order valence-electron chi connectivity index (χ0n) is 14.4. The zero-order valence-corrected chi connectivity index (χ0v) is 15.2. The van der Waals surface area contributed by atoms with Crippen molar-refractivity contribution < 1.29 is 14.6 Å². The molecule has 0 aliphatic heterocycles. The molecule has 2 unspecified atom stereocenters. The molecule has 0 fully saturated rings. The van der Waals surface area contributed by atoms with Gasteiger partial charge in [0.2, 0.25) is 0 Å². The summed E-state index contributed by atoms with van der Waals surface area (Å²) in [4.78, 5) is 15.2. The topological polar surface area (TPSA) is 110 Å². The normalized spacial score (nSPS) is 13.2. The molecular formula is C17H24N4O3S. The molecule has 2 rings (SSSR count). The maximum absolute atomic E-state index is 11.2. The Bertz CT molecular complexity index is 675. The van der Waals surface area contributed by atoms with Crippen molar-refractivity contribution >= 4 is 22.4 Å². The summed E-state index contributed by atoms with van der Waals surface area (Å²) >= 11 is 1.32. The average Bonchev–Trinajstić information content (AvgIpc) is 3.05. The molecular weight excluding hydrogens is 340 g/mol. The van der Waals surface area contributed by atoms with Crippen molar-refractivity contribution in [1.82, 2.24) is 15.6 Å². The van der Waals surface area contributed by atoms with E-state index >= 15 is 0 Å². The van der Waals surface area contributed by atoms with Crippen LogP contribution < -0.4 is 21.1 Å². The van der Waals surface area contributed by atoms with E-state index < -0.39 is 6.10 Å². The molecule has 1 amide bonds. The first-order valence-corrected chi connectivity index (χ1v) is 8.90. The van der Waals surface area contributed by atoms with Crippen LogP contribution in [0, 0.1) is 0 Å². The minimum Gasteiger partial charge on any atom is -0.484 e. The Labute approximate surface area is 151 Å². The highest BCUT2D eigenvalue weighted by Gasteiger charge is 2.13. The van der Waals surface area contributed by atoms with Crippen LogP contribution in [0.3, 0.4) is 0 Å². The number of aliphatic hydroxyl groups is 1. The predicted octanol–water partition coefficient (Wildman–Crippen LogP) is 1.10. The Morgan fingerprint density at radius 3 is 2.72 bits per heavy atom. The fourth-order valence-electron chi connectivity index (χ4n) is 2.24. The van der Waals surface area contributed by atoms with Gasteiger partial charge in [-0.15, -0.1) is 11.3 Å². The number of rotatable bonds is 9. The van der Waals surface area contributed by atoms with Crippen LogP contribution in [-0.4, -0.2) is 42.2 Å². The monoisotopic (exact) mass is 364 g/mol. The number of aromatic nitrogens is 1. The van der Waals surface area contributed by atoms with Gasteiger partial charge in [-0.25, -0.2) is 4.98 Å². The minimum atomic E-state index is -0.670. The van der Waals surface area contributed by atoms with Crippen LogP contribution in [0.1, 0.15) is 24.3 Å². The van der Waals surface area contributed by atoms with E-state index in [1.807, 2.05) is 24.3 Å². The third-order valence-electron chi connectivity index (χ3n) is 3.65. The van der Waals surface area contributed by atoms with Gasteiger partial charge in [0.15, 0.2) is 11.7 Å². The van der Waals surface area contributed by atoms with Crippen molar-refractivity contribution in [3.8, 4) is 5.75 Å². The van der Waals surface area contributed by atoms with Gasteiger partial charge in [0.25, 0.3) is 5.91 Å². The number of amides is 1. The van der Waals surface area contributed by atoms with Gasteiger partial charge in [0.05, 0.1) is 5.69 Å². The number of anilines is 1. The fraction of sp³-hybridized carbons (Fsp3) is 0.412. The summed E-state index contributed by atoms with van der Waals surface area (Å²) in [5.74, 6) is 0.492. The second-order valence-corrected chi connectivity index (χ2v) is 6.64. The summed E-state index contributed by atoms with van der Waals surface area (Å²) < 4.78 is 5.37. The number of hydrogen-bond acceptors (Lipinski definition) is 7. The highest BCUT2D eigenvalue weighted by atomic mass is 32.1. The molecule has 7 nitrogen and oxygen atoms in total. The summed E-state index contributed by atoms with van der Waals surface area (Å²) in [6, 6.07) is 7.81. The molecule has 25 heavy (non-hydrogen) atoms. The maximum atomic E-state index is 11.2. The SMILES string of the molecule is CNC(=O)COc1ccc(CC(C)NCC(O)c2csc(N)n2)cc1. The van der Waals surface area contributed by atoms with E-state index in [4.69, 9.17) is 10.5 Å². The van der Waals surface area contributed by atoms with E-state index in [9.17, 15) is 9.90 Å². The summed E-state index contributed by atoms with van der Waals surface area (Å²) in [5, 5.41) is 18.1. The van der Waals surface area contributed by atoms with Crippen molar-refractivity contribution in [3.63, 3.8) is 0 Å². The van der Waals surface area contributed by atoms with Crippen LogP contribution >= 0.6 is 11.3 Å². The first kappa shape index (κ1) is 19.2. The molecule has 136 valence electrons. The number of nitrogens with one attached hydrogen (secondary N) is 2. The van der Waals surface area contributed by atoms with Crippen molar-refractivity contribution in [2.45, 2.75) is 25.5 Å². The Morgan fingerprint density at radius 1 is 1.40 bits per heavy atom. The lowest BCUT2D eigenvalue weighted by atomic mass is 10.1. The Balaban J connectivity index is 1.76. The molecule has 1 heterocycles. The van der Waals surface area contributed by atoms with Crippen molar-refractivity contribution in [2.24, 2.45) is 0 Å². The van der Waals surface area contributed by atoms with Gasteiger partial charge >= 0.3 is 0 Å². The molecule has 0 aliphatic carbocycles. The zero-order chi connectivity index (χ0) is 18.2. The largest absolute Gasteiger partial charge is 0.484 e. The lowest BCUT2D eigenvalue weighted by molar-refractivity contribution is -0.122. The van der Waals surface area contributed by atoms with E-state index in [2.05, 4.69) is 22.5 Å². The lowest BCUT2D eigenvalue weighted by Crippen LogP contribution is -2.32. The number of carbonyl (C=O) groups excluding carboxylic acids is 1. The van der Waals surface area contributed by atoms with Gasteiger partial charge < -0.3 is 26.2 Å². The number of carbonyl (C=O) groups is 1. The van der Waals surface area contributed by atoms with Gasteiger partial charge in [-0.3, -0.25) is 4.79 Å². The van der Waals surface area contributed by atoms with Gasteiger partial charge in [0, 0.05) is 25.0 Å². The first-order chi connectivity index (χ1) is 12.0. The summed E-state index contributed by atoms with van der Waals surface area (Å²) in [6.45, 7) is 2.47. The van der Waals surface area contributed by atoms with E-state index in [0.717, 1.165) is 12.0 Å². The molecule has 1 aromatic carbocycles. The molecule has 0 bridgehead atoms. The number of aliphatic hydroxyl groups excluding tert-OH is 1. The molecule has 2 atom stereocenters. The van der Waals surface area contributed by atoms with Gasteiger partial charge in [-0.1, -0.05) is 12.1 Å². The second kappa shape index (κ2) is 9.36. The van der Waals surface area contributed by atoms with Crippen LogP contribution in [0.25, 0.3) is 0 Å². The molecule has 0 radical (unpaired) electrons. The number of thiazole rings is 1. The summed E-state index contributed by atoms with van der Waals surface area (Å²) in [6.07, 6.45) is 0.137. The number of nitrogens with zero attached hydrogens (tertiary/aromatic N) is 1. The highest BCUT2D eigenvalue weighted by Crippen LogP contribution is 2.18. The summed E-state index contributed by atoms with van der Waals surface area (Å²) in [7, 11) is 1.57. The number of nitrogen functional groups attached to an aromatic ring is 1. The standard InChI is InChI=1S/C17H24N4O3S/c1-11(20-8-15(22)14-10-25-17(18)21-14)7-12-3-5-13(6-4-12)24-9-16(23)19-2/h3-6,10-11,15,20,22H,7-9H2,1-2H3,(H2,18,21)(H,19,23). The van der Waals surface area contributed by atoms with Crippen LogP contribution in [0.5, 0.6) is 5.75 Å². The molecule has 1 aromatic heterocycles. The van der Waals surface area contributed by atoms with E-state index in [-0.39, 0.29) is 18.6 Å². The minimum absolute atomic E-state index is 0.00677. The van der Waals surface area contributed by atoms with Gasteiger partial charge in [-0.05, 0) is 31.0 Å². The van der Waals surface area contributed by atoms with Gasteiger partial charge in [-0.2, -0.15) is 0 Å². The van der Waals surface area contributed by atoms with E-state index in [0.29, 0.717) is 23.1 Å². The third kappa shape index (κ3) is 6.33. The Hall–Kier alpha value is -2.16. The van der Waals surface area contributed by atoms with E-state index in [1.54, 1.807) is 12.4 Å². The van der Waals surface area contributed by atoms with Crippen LogP contribution in [0.15, 0.2) is 29.6 Å². The molecule has 8 heteroatoms. The number of benzene rings is 1.